The van der Waals surface area contributed by atoms with Gasteiger partial charge in [-0.1, -0.05) is 11.6 Å². The van der Waals surface area contributed by atoms with Crippen molar-refractivity contribution in [2.24, 2.45) is 0 Å². The van der Waals surface area contributed by atoms with E-state index in [1.165, 1.54) is 32.4 Å². The number of nitrogens with one attached hydrogen (secondary N) is 2. The first-order valence-electron chi connectivity index (χ1n) is 8.17. The number of H-pyrrole nitrogens is 2. The minimum absolute atomic E-state index is 0.110. The van der Waals surface area contributed by atoms with Crippen LogP contribution in [-0.2, 0) is 0 Å². The van der Waals surface area contributed by atoms with Crippen molar-refractivity contribution in [3.05, 3.63) is 72.4 Å². The van der Waals surface area contributed by atoms with Gasteiger partial charge >= 0.3 is 0 Å². The van der Waals surface area contributed by atoms with Gasteiger partial charge < -0.3 is 14.5 Å². The van der Waals surface area contributed by atoms with Gasteiger partial charge in [-0.3, -0.25) is 19.5 Å². The second-order valence-electron chi connectivity index (χ2n) is 6.01. The molecule has 0 atom stereocenters. The van der Waals surface area contributed by atoms with Crippen molar-refractivity contribution in [2.45, 2.75) is 0 Å². The van der Waals surface area contributed by atoms with Gasteiger partial charge in [-0.25, -0.2) is 4.68 Å². The van der Waals surface area contributed by atoms with Crippen molar-refractivity contribution in [1.29, 1.82) is 0 Å². The highest BCUT2D eigenvalue weighted by atomic mass is 35.5. The van der Waals surface area contributed by atoms with E-state index in [1.54, 1.807) is 18.2 Å². The number of ether oxygens (including phenoxy) is 2. The van der Waals surface area contributed by atoms with Crippen LogP contribution >= 0.6 is 11.6 Å². The van der Waals surface area contributed by atoms with E-state index in [2.05, 4.69) is 10.1 Å². The van der Waals surface area contributed by atoms with Gasteiger partial charge in [0.05, 0.1) is 25.4 Å². The highest BCUT2D eigenvalue weighted by Crippen LogP contribution is 2.28. The maximum atomic E-state index is 13.0. The van der Waals surface area contributed by atoms with E-state index in [0.29, 0.717) is 27.7 Å². The number of halogens is 1. The van der Waals surface area contributed by atoms with Gasteiger partial charge in [0.1, 0.15) is 10.9 Å². The van der Waals surface area contributed by atoms with Crippen molar-refractivity contribution < 1.29 is 9.47 Å². The number of pyridine rings is 1. The third-order valence-corrected chi connectivity index (χ3v) is 4.68. The molecule has 8 nitrogen and oxygen atoms in total. The Bertz CT molecular complexity index is 1420. The molecular weight excluding hydrogens is 386 g/mol. The molecule has 0 fully saturated rings. The number of methoxy groups -OCH3 is 2. The molecule has 0 bridgehead atoms. The van der Waals surface area contributed by atoms with Gasteiger partial charge in [0.25, 0.3) is 11.1 Å². The lowest BCUT2D eigenvalue weighted by molar-refractivity contribution is 0.354. The molecular formula is C19H14ClN3O5. The second-order valence-corrected chi connectivity index (χ2v) is 6.45. The third kappa shape index (κ3) is 2.66. The maximum Gasteiger partial charge on any atom is 0.287 e. The number of hydrogen-bond acceptors (Lipinski definition) is 5. The Balaban J connectivity index is 2.09. The Labute approximate surface area is 161 Å². The summed E-state index contributed by atoms with van der Waals surface area (Å²) in [6, 6.07) is 9.27. The molecule has 0 amide bonds. The van der Waals surface area contributed by atoms with Gasteiger partial charge in [-0.05, 0) is 30.3 Å². The lowest BCUT2D eigenvalue weighted by atomic mass is 10.1. The normalized spacial score (nSPS) is 11.1. The molecule has 2 aromatic heterocycles. The predicted molar refractivity (Wildman–Crippen MR) is 106 cm³/mol. The summed E-state index contributed by atoms with van der Waals surface area (Å²) in [6.07, 6.45) is 0. The van der Waals surface area contributed by atoms with Crippen molar-refractivity contribution in [2.75, 3.05) is 14.2 Å². The van der Waals surface area contributed by atoms with Crippen molar-refractivity contribution >= 4 is 33.4 Å². The summed E-state index contributed by atoms with van der Waals surface area (Å²) in [5, 5.41) is 2.90. The van der Waals surface area contributed by atoms with Crippen LogP contribution in [0, 0.1) is 0 Å². The quantitative estimate of drug-likeness (QED) is 0.514. The summed E-state index contributed by atoms with van der Waals surface area (Å²) in [7, 11) is 2.94. The Morgan fingerprint density at radius 1 is 0.964 bits per heavy atom. The van der Waals surface area contributed by atoms with Crippen LogP contribution in [0.25, 0.3) is 27.5 Å². The lowest BCUT2D eigenvalue weighted by Gasteiger charge is -2.11. The van der Waals surface area contributed by atoms with E-state index < -0.39 is 16.5 Å². The molecule has 9 heteroatoms. The number of hydrogen-bond donors (Lipinski definition) is 2. The Morgan fingerprint density at radius 2 is 1.71 bits per heavy atom. The fourth-order valence-electron chi connectivity index (χ4n) is 3.10. The highest BCUT2D eigenvalue weighted by molar-refractivity contribution is 6.31. The number of aromatic nitrogens is 3. The first-order chi connectivity index (χ1) is 13.4. The molecule has 142 valence electrons. The monoisotopic (exact) mass is 399 g/mol. The molecule has 0 aliphatic carbocycles. The molecule has 2 N–H and O–H groups in total. The lowest BCUT2D eigenvalue weighted by Crippen LogP contribution is -2.32. The third-order valence-electron chi connectivity index (χ3n) is 4.45. The summed E-state index contributed by atoms with van der Waals surface area (Å²) in [4.78, 5) is 41.4. The van der Waals surface area contributed by atoms with E-state index in [1.807, 2.05) is 0 Å². The zero-order chi connectivity index (χ0) is 20.0. The number of rotatable bonds is 3. The number of aromatic amines is 2. The minimum Gasteiger partial charge on any atom is -0.493 e. The number of nitrogens with zero attached hydrogens (tertiary/aromatic N) is 1. The molecule has 0 unspecified atom stereocenters. The van der Waals surface area contributed by atoms with E-state index in [0.717, 1.165) is 4.68 Å². The molecule has 0 radical (unpaired) electrons. The number of fused-ring (bicyclic) bond motifs is 2. The molecule has 4 rings (SSSR count). The van der Waals surface area contributed by atoms with Crippen LogP contribution < -0.4 is 26.0 Å². The molecule has 0 saturated carbocycles. The summed E-state index contributed by atoms with van der Waals surface area (Å²) >= 11 is 5.96. The van der Waals surface area contributed by atoms with E-state index in [9.17, 15) is 14.4 Å². The van der Waals surface area contributed by atoms with Gasteiger partial charge in [0.2, 0.25) is 5.43 Å². The molecule has 28 heavy (non-hydrogen) atoms. The van der Waals surface area contributed by atoms with Gasteiger partial charge in [-0.15, -0.1) is 0 Å². The predicted octanol–water partition coefficient (Wildman–Crippen LogP) is 2.19. The van der Waals surface area contributed by atoms with Crippen LogP contribution in [0.5, 0.6) is 11.5 Å². The van der Waals surface area contributed by atoms with E-state index in [4.69, 9.17) is 21.1 Å². The smallest absolute Gasteiger partial charge is 0.287 e. The summed E-state index contributed by atoms with van der Waals surface area (Å²) in [5.41, 5.74) is -1.26. The van der Waals surface area contributed by atoms with Crippen molar-refractivity contribution in [3.8, 4) is 17.2 Å². The molecule has 2 aromatic carbocycles. The van der Waals surface area contributed by atoms with Crippen LogP contribution in [0.15, 0.2) is 50.8 Å². The number of benzene rings is 2. The van der Waals surface area contributed by atoms with Gasteiger partial charge in [-0.2, -0.15) is 0 Å². The first-order valence-corrected chi connectivity index (χ1v) is 8.55. The largest absolute Gasteiger partial charge is 0.493 e. The molecule has 0 spiro atoms. The summed E-state index contributed by atoms with van der Waals surface area (Å²) < 4.78 is 11.4. The molecule has 0 aliphatic rings. The first kappa shape index (κ1) is 17.9. The average Bonchev–Trinajstić information content (AvgIpc) is 2.69. The summed E-state index contributed by atoms with van der Waals surface area (Å²) in [6.45, 7) is 0. The van der Waals surface area contributed by atoms with Crippen LogP contribution in [0.2, 0.25) is 5.02 Å². The highest BCUT2D eigenvalue weighted by Gasteiger charge is 2.16. The molecule has 0 saturated heterocycles. The van der Waals surface area contributed by atoms with Crippen LogP contribution in [0.4, 0.5) is 0 Å². The molecule has 0 aliphatic heterocycles. The van der Waals surface area contributed by atoms with Crippen LogP contribution in [0.3, 0.4) is 0 Å². The zero-order valence-corrected chi connectivity index (χ0v) is 15.6. The Hall–Kier alpha value is -3.52. The van der Waals surface area contributed by atoms with Crippen molar-refractivity contribution in [3.63, 3.8) is 0 Å². The van der Waals surface area contributed by atoms with Crippen LogP contribution in [-0.4, -0.2) is 29.0 Å². The average molecular weight is 400 g/mol. The topological polar surface area (TPSA) is 106 Å². The fraction of sp³-hybridized carbons (Fsp3) is 0.105. The van der Waals surface area contributed by atoms with Crippen molar-refractivity contribution in [1.82, 2.24) is 14.8 Å². The van der Waals surface area contributed by atoms with Gasteiger partial charge in [0, 0.05) is 16.5 Å². The SMILES string of the molecule is COc1ccc(-n2[nH]c(=O)c3[nH]c4cc(Cl)ccc4c(=O)c3c2=O)cc1OC. The van der Waals surface area contributed by atoms with E-state index in [-0.39, 0.29) is 16.3 Å². The standard InChI is InChI=1S/C19H14ClN3O5/c1-27-13-6-4-10(8-14(13)28-2)23-19(26)15-16(18(25)22-23)21-12-7-9(20)3-5-11(12)17(15)24/h3-8H,1-2H3,(H,21,24)(H,22,25). The second kappa shape index (κ2) is 6.58. The Kier molecular flexibility index (Phi) is 4.20. The van der Waals surface area contributed by atoms with Crippen LogP contribution in [0.1, 0.15) is 0 Å². The molecule has 4 aromatic rings. The van der Waals surface area contributed by atoms with Gasteiger partial charge in [0.15, 0.2) is 11.5 Å². The molecule has 2 heterocycles. The maximum absolute atomic E-state index is 13.0. The Morgan fingerprint density at radius 3 is 2.43 bits per heavy atom. The minimum atomic E-state index is -0.667. The zero-order valence-electron chi connectivity index (χ0n) is 14.8. The van der Waals surface area contributed by atoms with E-state index >= 15 is 0 Å². The summed E-state index contributed by atoms with van der Waals surface area (Å²) in [5.74, 6) is 0.832. The fourth-order valence-corrected chi connectivity index (χ4v) is 3.28.